The van der Waals surface area contributed by atoms with E-state index in [1.807, 2.05) is 0 Å². The number of hydrogen-bond acceptors (Lipinski definition) is 5. The van der Waals surface area contributed by atoms with Crippen LogP contribution in [0.3, 0.4) is 0 Å². The van der Waals surface area contributed by atoms with Crippen LogP contribution in [0.1, 0.15) is 0 Å². The molecule has 0 amide bonds. The number of carbonyl (C=O) groups is 1. The Kier molecular flexibility index (Phi) is 1.89. The van der Waals surface area contributed by atoms with Gasteiger partial charge in [0.1, 0.15) is 17.9 Å². The van der Waals surface area contributed by atoms with E-state index in [4.69, 9.17) is 10.8 Å². The average Bonchev–Trinajstić information content (AvgIpc) is 2.48. The van der Waals surface area contributed by atoms with Crippen LogP contribution in [0.4, 0.5) is 5.82 Å². The second-order valence-corrected chi connectivity index (χ2v) is 2.89. The summed E-state index contributed by atoms with van der Waals surface area (Å²) in [5.74, 6) is -0.968. The number of H-pyrrole nitrogens is 1. The molecule has 0 spiro atoms. The zero-order valence-electron chi connectivity index (χ0n) is 7.47. The van der Waals surface area contributed by atoms with Crippen molar-refractivity contribution in [2.75, 3.05) is 5.73 Å². The maximum absolute atomic E-state index is 11.0. The smallest absolute Gasteiger partial charge is 0.348 e. The van der Waals surface area contributed by atoms with Gasteiger partial charge in [0.15, 0.2) is 5.65 Å². The van der Waals surface area contributed by atoms with Crippen LogP contribution in [-0.4, -0.2) is 30.6 Å². The lowest BCUT2D eigenvalue weighted by atomic mass is 10.5. The normalized spacial score (nSPS) is 10.7. The Bertz CT molecular complexity index is 584. The lowest BCUT2D eigenvalue weighted by Gasteiger charge is -1.98. The van der Waals surface area contributed by atoms with Crippen LogP contribution < -0.4 is 11.4 Å². The van der Waals surface area contributed by atoms with Crippen LogP contribution in [0.5, 0.6) is 0 Å². The number of fused-ring (bicyclic) bond motifs is 1. The highest BCUT2D eigenvalue weighted by Crippen LogP contribution is 2.12. The predicted molar refractivity (Wildman–Crippen MR) is 50.2 cm³/mol. The van der Waals surface area contributed by atoms with E-state index in [0.717, 1.165) is 0 Å². The zero-order valence-corrected chi connectivity index (χ0v) is 7.47. The van der Waals surface area contributed by atoms with Crippen LogP contribution in [0.2, 0.25) is 0 Å². The molecule has 0 saturated carbocycles. The van der Waals surface area contributed by atoms with Gasteiger partial charge in [0, 0.05) is 0 Å². The molecule has 0 saturated heterocycles. The highest BCUT2D eigenvalue weighted by molar-refractivity contribution is 5.82. The Labute approximate surface area is 82.4 Å². The summed E-state index contributed by atoms with van der Waals surface area (Å²) in [6, 6.07) is 0. The van der Waals surface area contributed by atoms with Gasteiger partial charge in [-0.25, -0.2) is 9.78 Å². The van der Waals surface area contributed by atoms with Gasteiger partial charge in [0.25, 0.3) is 0 Å². The summed E-state index contributed by atoms with van der Waals surface area (Å²) >= 11 is 0. The van der Waals surface area contributed by atoms with E-state index in [1.165, 1.54) is 10.9 Å². The number of hydrogen-bond donors (Lipinski definition) is 3. The summed E-state index contributed by atoms with van der Waals surface area (Å²) in [6.07, 6.45) is 1.27. The Morgan fingerprint density at radius 3 is 3.07 bits per heavy atom. The lowest BCUT2D eigenvalue weighted by molar-refractivity contribution is -0.137. The van der Waals surface area contributed by atoms with Crippen molar-refractivity contribution in [2.45, 2.75) is 6.54 Å². The fraction of sp³-hybridized carbons (Fsp3) is 0.143. The molecule has 0 aromatic carbocycles. The Hall–Kier alpha value is -2.38. The summed E-state index contributed by atoms with van der Waals surface area (Å²) in [5, 5.41) is 8.59. The van der Waals surface area contributed by atoms with Crippen molar-refractivity contribution in [3.63, 3.8) is 0 Å². The highest BCUT2D eigenvalue weighted by Gasteiger charge is 2.10. The van der Waals surface area contributed by atoms with Crippen molar-refractivity contribution in [1.82, 2.24) is 19.5 Å². The van der Waals surface area contributed by atoms with E-state index in [-0.39, 0.29) is 23.5 Å². The van der Waals surface area contributed by atoms with Gasteiger partial charge in [-0.3, -0.25) is 9.78 Å². The van der Waals surface area contributed by atoms with Crippen LogP contribution in [0, 0.1) is 0 Å². The SMILES string of the molecule is Nc1[nH]c(=O)nc2c1ncn2CC(=O)O. The van der Waals surface area contributed by atoms with Gasteiger partial charge in [-0.15, -0.1) is 0 Å². The van der Waals surface area contributed by atoms with Gasteiger partial charge in [-0.05, 0) is 0 Å². The number of carboxylic acids is 1. The highest BCUT2D eigenvalue weighted by atomic mass is 16.4. The number of nitrogens with two attached hydrogens (primary N) is 1. The van der Waals surface area contributed by atoms with E-state index in [9.17, 15) is 9.59 Å². The molecule has 0 unspecified atom stereocenters. The van der Waals surface area contributed by atoms with Crippen LogP contribution >= 0.6 is 0 Å². The number of carboxylic acid groups (broad SMARTS) is 1. The maximum atomic E-state index is 11.0. The third kappa shape index (κ3) is 1.52. The van der Waals surface area contributed by atoms with E-state index in [0.29, 0.717) is 0 Å². The van der Waals surface area contributed by atoms with Crippen molar-refractivity contribution in [1.29, 1.82) is 0 Å². The summed E-state index contributed by atoms with van der Waals surface area (Å²) in [7, 11) is 0. The third-order valence-corrected chi connectivity index (χ3v) is 1.82. The first-order valence-corrected chi connectivity index (χ1v) is 4.00. The minimum absolute atomic E-state index is 0.0779. The van der Waals surface area contributed by atoms with Gasteiger partial charge in [0.05, 0.1) is 6.33 Å². The number of anilines is 1. The molecule has 0 bridgehead atoms. The molecular weight excluding hydrogens is 202 g/mol. The number of rotatable bonds is 2. The number of nitrogens with zero attached hydrogens (tertiary/aromatic N) is 3. The molecule has 0 fully saturated rings. The minimum atomic E-state index is -1.05. The number of aliphatic carboxylic acids is 1. The van der Waals surface area contributed by atoms with Crippen molar-refractivity contribution >= 4 is 23.0 Å². The van der Waals surface area contributed by atoms with Gasteiger partial charge < -0.3 is 15.4 Å². The second-order valence-electron chi connectivity index (χ2n) is 2.89. The van der Waals surface area contributed by atoms with Gasteiger partial charge in [-0.1, -0.05) is 0 Å². The topological polar surface area (TPSA) is 127 Å². The number of nitrogen functional groups attached to an aromatic ring is 1. The molecule has 0 atom stereocenters. The molecule has 2 aromatic heterocycles. The molecule has 8 heteroatoms. The van der Waals surface area contributed by atoms with E-state index < -0.39 is 11.7 Å². The molecule has 0 aliphatic carbocycles. The molecule has 2 heterocycles. The number of nitrogens with one attached hydrogen (secondary N) is 1. The Morgan fingerprint density at radius 2 is 2.40 bits per heavy atom. The maximum Gasteiger partial charge on any atom is 0.348 e. The standard InChI is InChI=1S/C7H7N5O3/c8-5-4-6(11-7(15)10-5)12(2-9-4)1-3(13)14/h2H,1H2,(H,13,14)(H3,8,10,11,15). The largest absolute Gasteiger partial charge is 0.480 e. The van der Waals surface area contributed by atoms with Crippen molar-refractivity contribution in [2.24, 2.45) is 0 Å². The van der Waals surface area contributed by atoms with Gasteiger partial charge in [0.2, 0.25) is 0 Å². The predicted octanol–water partition coefficient (Wildman–Crippen LogP) is -1.21. The van der Waals surface area contributed by atoms with E-state index in [1.54, 1.807) is 0 Å². The van der Waals surface area contributed by atoms with Crippen molar-refractivity contribution in [3.05, 3.63) is 16.8 Å². The van der Waals surface area contributed by atoms with E-state index >= 15 is 0 Å². The molecule has 0 aliphatic heterocycles. The number of aromatic amines is 1. The molecule has 2 rings (SSSR count). The number of imidazole rings is 1. The first kappa shape index (κ1) is 9.19. The first-order chi connectivity index (χ1) is 7.08. The van der Waals surface area contributed by atoms with E-state index in [2.05, 4.69) is 15.0 Å². The van der Waals surface area contributed by atoms with Crippen LogP contribution in [0.25, 0.3) is 11.2 Å². The number of aromatic nitrogens is 4. The second kappa shape index (κ2) is 3.08. The minimum Gasteiger partial charge on any atom is -0.480 e. The molecule has 78 valence electrons. The van der Waals surface area contributed by atoms with Gasteiger partial charge >= 0.3 is 11.7 Å². The monoisotopic (exact) mass is 209 g/mol. The van der Waals surface area contributed by atoms with Crippen LogP contribution in [-0.2, 0) is 11.3 Å². The Balaban J connectivity index is 2.68. The van der Waals surface area contributed by atoms with Crippen molar-refractivity contribution < 1.29 is 9.90 Å². The Morgan fingerprint density at radius 1 is 1.67 bits per heavy atom. The molecule has 8 nitrogen and oxygen atoms in total. The quantitative estimate of drug-likeness (QED) is 0.569. The van der Waals surface area contributed by atoms with Crippen LogP contribution in [0.15, 0.2) is 11.1 Å². The third-order valence-electron chi connectivity index (χ3n) is 1.82. The average molecular weight is 209 g/mol. The molecule has 4 N–H and O–H groups in total. The fourth-order valence-corrected chi connectivity index (χ4v) is 1.24. The molecule has 0 radical (unpaired) electrons. The molecule has 0 aliphatic rings. The summed E-state index contributed by atoms with van der Waals surface area (Å²) in [6.45, 7) is -0.313. The summed E-state index contributed by atoms with van der Waals surface area (Å²) in [5.41, 5.74) is 5.30. The summed E-state index contributed by atoms with van der Waals surface area (Å²) < 4.78 is 1.24. The fourth-order valence-electron chi connectivity index (χ4n) is 1.24. The lowest BCUT2D eigenvalue weighted by Crippen LogP contribution is -2.15. The molecule has 15 heavy (non-hydrogen) atoms. The zero-order chi connectivity index (χ0) is 11.0. The molecule has 2 aromatic rings. The molecular formula is C7H7N5O3. The van der Waals surface area contributed by atoms with Gasteiger partial charge in [-0.2, -0.15) is 4.98 Å². The van der Waals surface area contributed by atoms with Crippen molar-refractivity contribution in [3.8, 4) is 0 Å². The first-order valence-electron chi connectivity index (χ1n) is 4.00. The summed E-state index contributed by atoms with van der Waals surface area (Å²) in [4.78, 5) is 31.2.